The number of urea groups is 1. The summed E-state index contributed by atoms with van der Waals surface area (Å²) in [6, 6.07) is 3.79. The number of carbonyl (C=O) groups excluding carboxylic acids is 1. The van der Waals surface area contributed by atoms with E-state index in [0.717, 1.165) is 12.1 Å². The van der Waals surface area contributed by atoms with Crippen LogP contribution in [0.15, 0.2) is 24.3 Å². The molecule has 0 radical (unpaired) electrons. The van der Waals surface area contributed by atoms with Gasteiger partial charge in [0.15, 0.2) is 0 Å². The summed E-state index contributed by atoms with van der Waals surface area (Å²) in [5.41, 5.74) is -0.744. The van der Waals surface area contributed by atoms with Crippen molar-refractivity contribution in [2.45, 2.75) is 12.6 Å². The molecule has 18 heavy (non-hydrogen) atoms. The van der Waals surface area contributed by atoms with Gasteiger partial charge in [0.25, 0.3) is 0 Å². The lowest BCUT2D eigenvalue weighted by Gasteiger charge is -2.10. The average Bonchev–Trinajstić information content (AvgIpc) is 2.28. The third kappa shape index (κ3) is 4.37. The van der Waals surface area contributed by atoms with E-state index in [1.54, 1.807) is 0 Å². The Kier molecular flexibility index (Phi) is 4.60. The van der Waals surface area contributed by atoms with Gasteiger partial charge in [0.2, 0.25) is 0 Å². The van der Waals surface area contributed by atoms with Gasteiger partial charge in [0, 0.05) is 18.7 Å². The number of hydrogen-bond donors (Lipinski definition) is 2. The molecule has 0 spiro atoms. The number of alkyl halides is 3. The topological polar surface area (TPSA) is 41.1 Å². The molecule has 0 aliphatic rings. The lowest BCUT2D eigenvalue weighted by atomic mass is 10.2. The molecule has 1 aromatic rings. The van der Waals surface area contributed by atoms with Crippen molar-refractivity contribution < 1.29 is 18.0 Å². The minimum Gasteiger partial charge on any atom is -0.337 e. The normalized spacial score (nSPS) is 10.6. The third-order valence-electron chi connectivity index (χ3n) is 2.00. The molecule has 0 saturated heterocycles. The first-order chi connectivity index (χ1) is 8.43. The predicted octanol–water partition coefficient (Wildman–Crippen LogP) is 2.85. The van der Waals surface area contributed by atoms with E-state index in [4.69, 9.17) is 6.42 Å². The number of terminal acetylenes is 1. The molecule has 0 aliphatic heterocycles. The van der Waals surface area contributed by atoms with Gasteiger partial charge in [0.1, 0.15) is 0 Å². The lowest BCUT2D eigenvalue weighted by molar-refractivity contribution is -0.137. The molecule has 1 rings (SSSR count). The Morgan fingerprint density at radius 3 is 2.72 bits per heavy atom. The van der Waals surface area contributed by atoms with Crippen LogP contribution in [0.25, 0.3) is 0 Å². The molecular formula is C12H11F3N2O. The fourth-order valence-electron chi connectivity index (χ4n) is 1.20. The second-order valence-electron chi connectivity index (χ2n) is 3.41. The highest BCUT2D eigenvalue weighted by Crippen LogP contribution is 2.30. The van der Waals surface area contributed by atoms with Crippen molar-refractivity contribution >= 4 is 11.7 Å². The van der Waals surface area contributed by atoms with E-state index < -0.39 is 17.8 Å². The maximum Gasteiger partial charge on any atom is 0.416 e. The average molecular weight is 256 g/mol. The highest BCUT2D eigenvalue weighted by molar-refractivity contribution is 5.89. The zero-order chi connectivity index (χ0) is 13.6. The molecule has 0 unspecified atom stereocenters. The summed E-state index contributed by atoms with van der Waals surface area (Å²) in [5.74, 6) is 2.32. The number of carbonyl (C=O) groups is 1. The van der Waals surface area contributed by atoms with E-state index in [-0.39, 0.29) is 12.2 Å². The monoisotopic (exact) mass is 256 g/mol. The van der Waals surface area contributed by atoms with Crippen LogP contribution >= 0.6 is 0 Å². The van der Waals surface area contributed by atoms with Crippen LogP contribution in [0.4, 0.5) is 23.7 Å². The van der Waals surface area contributed by atoms with Gasteiger partial charge in [-0.2, -0.15) is 13.2 Å². The summed E-state index contributed by atoms with van der Waals surface area (Å²) in [6.07, 6.45) is 0.913. The molecule has 2 amide bonds. The van der Waals surface area contributed by atoms with Gasteiger partial charge in [-0.25, -0.2) is 4.79 Å². The van der Waals surface area contributed by atoms with E-state index >= 15 is 0 Å². The van der Waals surface area contributed by atoms with Crippen molar-refractivity contribution in [2.75, 3.05) is 11.9 Å². The van der Waals surface area contributed by atoms with Crippen LogP contribution in [0.1, 0.15) is 12.0 Å². The van der Waals surface area contributed by atoms with E-state index in [1.807, 2.05) is 0 Å². The van der Waals surface area contributed by atoms with Crippen molar-refractivity contribution in [1.29, 1.82) is 0 Å². The predicted molar refractivity (Wildman–Crippen MR) is 61.9 cm³/mol. The first-order valence-corrected chi connectivity index (χ1v) is 5.09. The number of benzene rings is 1. The first kappa shape index (κ1) is 13.9. The Hall–Kier alpha value is -2.16. The molecule has 0 saturated carbocycles. The number of rotatable bonds is 3. The smallest absolute Gasteiger partial charge is 0.337 e. The number of nitrogens with one attached hydrogen (secondary N) is 2. The SMILES string of the molecule is C#CCCNC(=O)Nc1cccc(C(F)(F)F)c1. The van der Waals surface area contributed by atoms with Crippen LogP contribution in [0, 0.1) is 12.3 Å². The van der Waals surface area contributed by atoms with Crippen LogP contribution in [0.2, 0.25) is 0 Å². The van der Waals surface area contributed by atoms with Crippen LogP contribution in [0.5, 0.6) is 0 Å². The van der Waals surface area contributed by atoms with Crippen molar-refractivity contribution in [3.63, 3.8) is 0 Å². The number of amides is 2. The first-order valence-electron chi connectivity index (χ1n) is 5.09. The molecule has 0 atom stereocenters. The van der Waals surface area contributed by atoms with Crippen molar-refractivity contribution in [3.05, 3.63) is 29.8 Å². The fourth-order valence-corrected chi connectivity index (χ4v) is 1.20. The maximum absolute atomic E-state index is 12.4. The molecule has 6 heteroatoms. The third-order valence-corrected chi connectivity index (χ3v) is 2.00. The van der Waals surface area contributed by atoms with Gasteiger partial charge in [0.05, 0.1) is 5.56 Å². The van der Waals surface area contributed by atoms with Crippen LogP contribution in [-0.4, -0.2) is 12.6 Å². The van der Waals surface area contributed by atoms with Gasteiger partial charge in [-0.3, -0.25) is 0 Å². The molecule has 1 aromatic carbocycles. The van der Waals surface area contributed by atoms with Crippen LogP contribution in [-0.2, 0) is 6.18 Å². The minimum absolute atomic E-state index is 0.0723. The zero-order valence-corrected chi connectivity index (χ0v) is 9.34. The van der Waals surface area contributed by atoms with Gasteiger partial charge in [-0.15, -0.1) is 12.3 Å². The minimum atomic E-state index is -4.43. The largest absolute Gasteiger partial charge is 0.416 e. The summed E-state index contributed by atoms with van der Waals surface area (Å²) < 4.78 is 37.2. The molecule has 0 aliphatic carbocycles. The van der Waals surface area contributed by atoms with E-state index in [1.165, 1.54) is 12.1 Å². The summed E-state index contributed by atoms with van der Waals surface area (Å²) in [5, 5.41) is 4.71. The van der Waals surface area contributed by atoms with E-state index in [2.05, 4.69) is 16.6 Å². The van der Waals surface area contributed by atoms with E-state index in [0.29, 0.717) is 6.42 Å². The Bertz CT molecular complexity index is 463. The molecule has 3 nitrogen and oxygen atoms in total. The molecule has 96 valence electrons. The molecule has 0 aromatic heterocycles. The van der Waals surface area contributed by atoms with Crippen molar-refractivity contribution in [1.82, 2.24) is 5.32 Å². The maximum atomic E-state index is 12.4. The second kappa shape index (κ2) is 5.96. The molecule has 0 heterocycles. The summed E-state index contributed by atoms with van der Waals surface area (Å²) in [6.45, 7) is 0.265. The lowest BCUT2D eigenvalue weighted by Crippen LogP contribution is -2.29. The molecule has 0 bridgehead atoms. The van der Waals surface area contributed by atoms with Crippen LogP contribution < -0.4 is 10.6 Å². The van der Waals surface area contributed by atoms with Gasteiger partial charge in [-0.1, -0.05) is 6.07 Å². The Labute approximate surface area is 102 Å². The number of hydrogen-bond acceptors (Lipinski definition) is 1. The quantitative estimate of drug-likeness (QED) is 0.633. The van der Waals surface area contributed by atoms with E-state index in [9.17, 15) is 18.0 Å². The van der Waals surface area contributed by atoms with Gasteiger partial charge in [-0.05, 0) is 18.2 Å². The number of halogens is 3. The zero-order valence-electron chi connectivity index (χ0n) is 9.34. The summed E-state index contributed by atoms with van der Waals surface area (Å²) >= 11 is 0. The van der Waals surface area contributed by atoms with Crippen molar-refractivity contribution in [2.24, 2.45) is 0 Å². The highest BCUT2D eigenvalue weighted by Gasteiger charge is 2.30. The summed E-state index contributed by atoms with van der Waals surface area (Å²) in [4.78, 5) is 11.3. The molecule has 2 N–H and O–H groups in total. The Morgan fingerprint density at radius 1 is 1.39 bits per heavy atom. The van der Waals surface area contributed by atoms with Gasteiger partial charge >= 0.3 is 12.2 Å². The van der Waals surface area contributed by atoms with Crippen molar-refractivity contribution in [3.8, 4) is 12.3 Å². The molecular weight excluding hydrogens is 245 g/mol. The van der Waals surface area contributed by atoms with Crippen LogP contribution in [0.3, 0.4) is 0 Å². The fraction of sp³-hybridized carbons (Fsp3) is 0.250. The highest BCUT2D eigenvalue weighted by atomic mass is 19.4. The van der Waals surface area contributed by atoms with Gasteiger partial charge < -0.3 is 10.6 Å². The Balaban J connectivity index is 2.63. The molecule has 0 fully saturated rings. The second-order valence-corrected chi connectivity index (χ2v) is 3.41. The standard InChI is InChI=1S/C12H11F3N2O/c1-2-3-7-16-11(18)17-10-6-4-5-9(8-10)12(13,14)15/h1,4-6,8H,3,7H2,(H2,16,17,18). The Morgan fingerprint density at radius 2 is 2.11 bits per heavy atom. The number of anilines is 1. The summed E-state index contributed by atoms with van der Waals surface area (Å²) in [7, 11) is 0.